The van der Waals surface area contributed by atoms with Crippen molar-refractivity contribution in [2.45, 2.75) is 24.4 Å². The molecular formula is C6H9BFO4PS. The van der Waals surface area contributed by atoms with Crippen LogP contribution in [0.3, 0.4) is 0 Å². The zero-order chi connectivity index (χ0) is 10.7. The molecule has 1 heterocycles. The minimum Gasteiger partial charge on any atom is -0.408 e. The van der Waals surface area contributed by atoms with Gasteiger partial charge >= 0.3 is 7.23 Å². The third-order valence-electron chi connectivity index (χ3n) is 1.94. The van der Waals surface area contributed by atoms with Crippen LogP contribution in [0.15, 0.2) is 0 Å². The van der Waals surface area contributed by atoms with Gasteiger partial charge in [0.25, 0.3) is 0 Å². The number of halogens is 1. The summed E-state index contributed by atoms with van der Waals surface area (Å²) in [7, 11) is 4.52. The Hall–Kier alpha value is 0.325. The van der Waals surface area contributed by atoms with Crippen LogP contribution in [-0.4, -0.2) is 45.9 Å². The van der Waals surface area contributed by atoms with Crippen LogP contribution in [0.2, 0.25) is 0 Å². The molecule has 0 amide bonds. The maximum absolute atomic E-state index is 13.2. The van der Waals surface area contributed by atoms with Gasteiger partial charge in [0, 0.05) is 7.11 Å². The Balaban J connectivity index is 2.48. The topological polar surface area (TPSA) is 44.8 Å². The molecule has 2 unspecified atom stereocenters. The minimum absolute atomic E-state index is 0.0780. The third kappa shape index (κ3) is 2.91. The van der Waals surface area contributed by atoms with Gasteiger partial charge in [-0.05, 0) is 0 Å². The number of hydrogen-bond acceptors (Lipinski definition) is 5. The van der Waals surface area contributed by atoms with Crippen molar-refractivity contribution < 1.29 is 23.0 Å². The molecule has 2 radical (unpaired) electrons. The third-order valence-corrected chi connectivity index (χ3v) is 2.62. The number of hydrogen-bond donors (Lipinski definition) is 0. The number of rotatable bonds is 4. The molecule has 1 saturated heterocycles. The number of methoxy groups -OCH3 is 1. The van der Waals surface area contributed by atoms with Gasteiger partial charge in [-0.2, -0.15) is 4.52 Å². The molecule has 4 nitrogen and oxygen atoms in total. The van der Waals surface area contributed by atoms with Crippen molar-refractivity contribution in [3.63, 3.8) is 0 Å². The first-order chi connectivity index (χ1) is 6.56. The van der Waals surface area contributed by atoms with Crippen molar-refractivity contribution >= 4 is 27.3 Å². The van der Waals surface area contributed by atoms with Crippen molar-refractivity contribution in [2.24, 2.45) is 0 Å². The van der Waals surface area contributed by atoms with Crippen LogP contribution in [0.1, 0.15) is 0 Å². The molecule has 0 spiro atoms. The van der Waals surface area contributed by atoms with E-state index in [1.165, 1.54) is 7.11 Å². The summed E-state index contributed by atoms with van der Waals surface area (Å²) in [5.74, 6) is 0. The molecule has 5 atom stereocenters. The number of alkyl halides is 1. The molecule has 1 aliphatic rings. The first-order valence-corrected chi connectivity index (χ1v) is 6.10. The van der Waals surface area contributed by atoms with Crippen molar-refractivity contribution in [3.05, 3.63) is 0 Å². The zero-order valence-electron chi connectivity index (χ0n) is 7.46. The molecule has 0 bridgehead atoms. The van der Waals surface area contributed by atoms with E-state index < -0.39 is 31.6 Å². The van der Waals surface area contributed by atoms with Crippen molar-refractivity contribution in [2.75, 3.05) is 13.7 Å². The fourth-order valence-corrected chi connectivity index (χ4v) is 1.75. The largest absolute Gasteiger partial charge is 0.408 e. The van der Waals surface area contributed by atoms with Crippen molar-refractivity contribution in [1.82, 2.24) is 0 Å². The van der Waals surface area contributed by atoms with Gasteiger partial charge in [0.05, 0.1) is 6.00 Å². The van der Waals surface area contributed by atoms with Crippen LogP contribution >= 0.6 is 7.23 Å². The Labute approximate surface area is 88.9 Å². The summed E-state index contributed by atoms with van der Waals surface area (Å²) in [5.41, 5.74) is 0. The molecule has 8 heteroatoms. The first-order valence-electron chi connectivity index (χ1n) is 3.91. The van der Waals surface area contributed by atoms with Gasteiger partial charge < -0.3 is 21.7 Å². The van der Waals surface area contributed by atoms with Crippen LogP contribution in [0.4, 0.5) is 4.39 Å². The Bertz CT molecular complexity index is 222. The molecule has 0 saturated carbocycles. The highest BCUT2D eigenvalue weighted by atomic mass is 32.7. The van der Waals surface area contributed by atoms with Gasteiger partial charge in [0.15, 0.2) is 0 Å². The van der Waals surface area contributed by atoms with Crippen LogP contribution in [0.25, 0.3) is 0 Å². The summed E-state index contributed by atoms with van der Waals surface area (Å²) >= 11 is 4.31. The summed E-state index contributed by atoms with van der Waals surface area (Å²) in [4.78, 5) is 0. The molecular weight excluding hydrogens is 229 g/mol. The van der Waals surface area contributed by atoms with Gasteiger partial charge in [-0.1, -0.05) is 4.57 Å². The highest BCUT2D eigenvalue weighted by Crippen LogP contribution is 2.27. The van der Waals surface area contributed by atoms with Crippen LogP contribution in [0.5, 0.6) is 0 Å². The summed E-state index contributed by atoms with van der Waals surface area (Å²) in [5, 5.41) is 0. The lowest BCUT2D eigenvalue weighted by molar-refractivity contribution is -0.0176. The Morgan fingerprint density at radius 1 is 1.71 bits per heavy atom. The molecule has 0 aromatic carbocycles. The van der Waals surface area contributed by atoms with Gasteiger partial charge in [0.1, 0.15) is 32.8 Å². The maximum atomic E-state index is 13.2. The van der Waals surface area contributed by atoms with E-state index >= 15 is 0 Å². The fourth-order valence-electron chi connectivity index (χ4n) is 1.30. The van der Waals surface area contributed by atoms with E-state index in [2.05, 4.69) is 16.8 Å². The van der Waals surface area contributed by atoms with Crippen molar-refractivity contribution in [3.8, 4) is 0 Å². The molecule has 14 heavy (non-hydrogen) atoms. The molecule has 1 aliphatic heterocycles. The quantitative estimate of drug-likeness (QED) is 0.404. The van der Waals surface area contributed by atoms with E-state index in [0.717, 1.165) is 0 Å². The van der Waals surface area contributed by atoms with Gasteiger partial charge in [-0.3, -0.25) is 0 Å². The van der Waals surface area contributed by atoms with Gasteiger partial charge in [-0.25, -0.2) is 4.39 Å². The predicted octanol–water partition coefficient (Wildman–Crippen LogP) is 0.454. The second-order valence-electron chi connectivity index (χ2n) is 2.80. The monoisotopic (exact) mass is 238 g/mol. The Morgan fingerprint density at radius 2 is 2.36 bits per heavy atom. The molecule has 78 valence electrons. The van der Waals surface area contributed by atoms with E-state index in [0.29, 0.717) is 0 Å². The highest BCUT2D eigenvalue weighted by molar-refractivity contribution is 8.25. The highest BCUT2D eigenvalue weighted by Gasteiger charge is 2.43. The summed E-state index contributed by atoms with van der Waals surface area (Å²) in [6.07, 6.45) is -2.86. The predicted molar refractivity (Wildman–Crippen MR) is 51.0 cm³/mol. The normalized spacial score (nSPS) is 38.6. The smallest absolute Gasteiger partial charge is 0.372 e. The molecule has 1 rings (SSSR count). The lowest BCUT2D eigenvalue weighted by atomic mass is 9.94. The molecule has 0 N–H and O–H groups in total. The second-order valence-corrected chi connectivity index (χ2v) is 4.40. The molecule has 0 aliphatic carbocycles. The summed E-state index contributed by atoms with van der Waals surface area (Å²) < 4.78 is 38.2. The minimum atomic E-state index is -2.13. The summed E-state index contributed by atoms with van der Waals surface area (Å²) in [6, 6.07) is -1.03. The van der Waals surface area contributed by atoms with E-state index in [9.17, 15) is 8.96 Å². The van der Waals surface area contributed by atoms with Gasteiger partial charge in [0.2, 0.25) is 0 Å². The van der Waals surface area contributed by atoms with E-state index in [1.54, 1.807) is 0 Å². The van der Waals surface area contributed by atoms with E-state index in [-0.39, 0.29) is 6.61 Å². The number of ether oxygens (including phenoxy) is 2. The zero-order valence-corrected chi connectivity index (χ0v) is 9.17. The molecule has 0 aromatic heterocycles. The summed E-state index contributed by atoms with van der Waals surface area (Å²) in [6.45, 7) is -0.0780. The maximum Gasteiger partial charge on any atom is 0.372 e. The average molecular weight is 238 g/mol. The molecule has 0 aromatic rings. The van der Waals surface area contributed by atoms with Crippen LogP contribution < -0.4 is 0 Å². The standard InChI is InChI=1S/C6H9BFO4PS/c1-10-5-3(2-11-13(9)14)12-6(7)4(5)8/h3-6H,2H2,1H3/t3-,4+,5?,6-/m1/s1. The second kappa shape index (κ2) is 5.42. The van der Waals surface area contributed by atoms with Crippen LogP contribution in [0, 0.1) is 0 Å². The van der Waals surface area contributed by atoms with E-state index in [1.807, 2.05) is 0 Å². The van der Waals surface area contributed by atoms with Crippen molar-refractivity contribution in [1.29, 1.82) is 0 Å². The Kier molecular flexibility index (Phi) is 4.80. The molecule has 1 fully saturated rings. The Morgan fingerprint density at radius 3 is 2.86 bits per heavy atom. The SMILES string of the molecule is [B][C@@H]1O[C@H](CO[P+](=O)[S-])C(OC)[C@@H]1F. The van der Waals surface area contributed by atoms with Crippen LogP contribution in [-0.2, 0) is 30.8 Å². The lowest BCUT2D eigenvalue weighted by Crippen LogP contribution is -2.33. The average Bonchev–Trinajstić information content (AvgIpc) is 2.39. The first kappa shape index (κ1) is 12.4. The van der Waals surface area contributed by atoms with E-state index in [4.69, 9.17) is 17.3 Å². The fraction of sp³-hybridized carbons (Fsp3) is 1.00. The lowest BCUT2D eigenvalue weighted by Gasteiger charge is -2.15. The van der Waals surface area contributed by atoms with Gasteiger partial charge in [-0.15, -0.1) is 0 Å².